The van der Waals surface area contributed by atoms with E-state index in [0.29, 0.717) is 13.2 Å². The summed E-state index contributed by atoms with van der Waals surface area (Å²) in [4.78, 5) is 6.89. The summed E-state index contributed by atoms with van der Waals surface area (Å²) < 4.78 is 11.0. The van der Waals surface area contributed by atoms with Gasteiger partial charge in [0.25, 0.3) is 0 Å². The lowest BCUT2D eigenvalue weighted by Gasteiger charge is -2.30. The van der Waals surface area contributed by atoms with Crippen LogP contribution >= 0.6 is 0 Å². The molecular formula is C21H36N4O2. The molecule has 0 aromatic heterocycles. The highest BCUT2D eigenvalue weighted by Crippen LogP contribution is 2.27. The second kappa shape index (κ2) is 11.7. The molecule has 2 N–H and O–H groups in total. The van der Waals surface area contributed by atoms with Crippen molar-refractivity contribution >= 4 is 5.96 Å². The van der Waals surface area contributed by atoms with Gasteiger partial charge in [0.05, 0.1) is 13.7 Å². The molecule has 0 radical (unpaired) electrons. The molecule has 1 aromatic rings. The molecule has 0 bridgehead atoms. The molecule has 6 nitrogen and oxygen atoms in total. The number of hydrogen-bond donors (Lipinski definition) is 2. The van der Waals surface area contributed by atoms with E-state index in [1.54, 1.807) is 14.2 Å². The minimum absolute atomic E-state index is 0.626. The molecule has 0 spiro atoms. The number of rotatable bonds is 9. The maximum absolute atomic E-state index is 5.57. The number of hydrogen-bond acceptors (Lipinski definition) is 4. The maximum Gasteiger partial charge on any atom is 0.191 e. The first-order valence-electron chi connectivity index (χ1n) is 10.1. The zero-order valence-electron chi connectivity index (χ0n) is 17.4. The number of ether oxygens (including phenoxy) is 2. The first kappa shape index (κ1) is 21.4. The van der Waals surface area contributed by atoms with Gasteiger partial charge in [-0.2, -0.15) is 0 Å². The lowest BCUT2D eigenvalue weighted by atomic mass is 9.99. The number of guanidine groups is 1. The van der Waals surface area contributed by atoms with Crippen molar-refractivity contribution < 1.29 is 9.47 Å². The Morgan fingerprint density at radius 3 is 2.67 bits per heavy atom. The van der Waals surface area contributed by atoms with E-state index in [0.717, 1.165) is 48.5 Å². The molecule has 0 amide bonds. The van der Waals surface area contributed by atoms with Crippen molar-refractivity contribution in [3.8, 4) is 11.5 Å². The van der Waals surface area contributed by atoms with Gasteiger partial charge in [0.1, 0.15) is 0 Å². The van der Waals surface area contributed by atoms with Crippen molar-refractivity contribution in [2.45, 2.75) is 39.7 Å². The van der Waals surface area contributed by atoms with Crippen LogP contribution in [0.1, 0.15) is 38.7 Å². The summed E-state index contributed by atoms with van der Waals surface area (Å²) in [6.07, 6.45) is 3.80. The normalized spacial score (nSPS) is 16.2. The summed E-state index contributed by atoms with van der Waals surface area (Å²) >= 11 is 0. The number of piperidine rings is 1. The van der Waals surface area contributed by atoms with Gasteiger partial charge in [-0.05, 0) is 69.4 Å². The Balaban J connectivity index is 1.70. The van der Waals surface area contributed by atoms with Gasteiger partial charge in [-0.15, -0.1) is 0 Å². The van der Waals surface area contributed by atoms with Crippen LogP contribution < -0.4 is 20.1 Å². The number of aliphatic imine (C=N–C) groups is 1. The van der Waals surface area contributed by atoms with Gasteiger partial charge < -0.3 is 25.0 Å². The molecule has 0 unspecified atom stereocenters. The topological polar surface area (TPSA) is 58.1 Å². The van der Waals surface area contributed by atoms with E-state index in [4.69, 9.17) is 9.47 Å². The Hall–Kier alpha value is -1.95. The molecular weight excluding hydrogens is 340 g/mol. The maximum atomic E-state index is 5.57. The zero-order chi connectivity index (χ0) is 19.5. The molecule has 152 valence electrons. The van der Waals surface area contributed by atoms with Gasteiger partial charge >= 0.3 is 0 Å². The molecule has 1 fully saturated rings. The average molecular weight is 377 g/mol. The third-order valence-electron chi connectivity index (χ3n) is 5.03. The Kier molecular flexibility index (Phi) is 9.25. The summed E-state index contributed by atoms with van der Waals surface area (Å²) in [7, 11) is 3.47. The summed E-state index contributed by atoms with van der Waals surface area (Å²) in [5.41, 5.74) is 1.13. The number of benzene rings is 1. The Morgan fingerprint density at radius 1 is 1.22 bits per heavy atom. The molecule has 0 saturated carbocycles. The van der Waals surface area contributed by atoms with E-state index in [-0.39, 0.29) is 0 Å². The predicted molar refractivity (Wildman–Crippen MR) is 112 cm³/mol. The number of likely N-dealkylation sites (tertiary alicyclic amines) is 1. The standard InChI is InChI=1S/C21H36N4O2/c1-5-27-19-8-7-18(15-20(19)26-4)16-24-21(22-3)23-11-6-12-25-13-9-17(2)10-14-25/h7-8,15,17H,5-6,9-14,16H2,1-4H3,(H2,22,23,24). The van der Waals surface area contributed by atoms with Gasteiger partial charge in [0.15, 0.2) is 17.5 Å². The molecule has 0 atom stereocenters. The Labute approximate surface area is 164 Å². The smallest absolute Gasteiger partial charge is 0.191 e. The molecule has 1 aliphatic rings. The van der Waals surface area contributed by atoms with Crippen LogP contribution in [0.15, 0.2) is 23.2 Å². The van der Waals surface area contributed by atoms with Crippen LogP contribution in [0.2, 0.25) is 0 Å². The van der Waals surface area contributed by atoms with Gasteiger partial charge in [-0.1, -0.05) is 13.0 Å². The van der Waals surface area contributed by atoms with Crippen LogP contribution in [0.25, 0.3) is 0 Å². The lowest BCUT2D eigenvalue weighted by molar-refractivity contribution is 0.191. The molecule has 1 heterocycles. The molecule has 0 aliphatic carbocycles. The van der Waals surface area contributed by atoms with E-state index < -0.39 is 0 Å². The third-order valence-corrected chi connectivity index (χ3v) is 5.03. The van der Waals surface area contributed by atoms with Crippen molar-refractivity contribution in [1.29, 1.82) is 0 Å². The number of nitrogens with one attached hydrogen (secondary N) is 2. The highest BCUT2D eigenvalue weighted by atomic mass is 16.5. The van der Waals surface area contributed by atoms with E-state index in [1.807, 2.05) is 25.1 Å². The summed E-state index contributed by atoms with van der Waals surface area (Å²) in [5.74, 6) is 3.26. The first-order valence-corrected chi connectivity index (χ1v) is 10.1. The average Bonchev–Trinajstić information content (AvgIpc) is 2.69. The molecule has 6 heteroatoms. The molecule has 1 saturated heterocycles. The van der Waals surface area contributed by atoms with E-state index in [9.17, 15) is 0 Å². The second-order valence-electron chi connectivity index (χ2n) is 7.15. The van der Waals surface area contributed by atoms with E-state index in [1.165, 1.54) is 25.9 Å². The summed E-state index contributed by atoms with van der Waals surface area (Å²) in [6.45, 7) is 10.2. The lowest BCUT2D eigenvalue weighted by Crippen LogP contribution is -2.39. The van der Waals surface area contributed by atoms with Crippen LogP contribution in [0, 0.1) is 5.92 Å². The van der Waals surface area contributed by atoms with Crippen LogP contribution in [-0.2, 0) is 6.54 Å². The van der Waals surface area contributed by atoms with Gasteiger partial charge in [0.2, 0.25) is 0 Å². The quantitative estimate of drug-likeness (QED) is 0.394. The fraction of sp³-hybridized carbons (Fsp3) is 0.667. The van der Waals surface area contributed by atoms with E-state index in [2.05, 4.69) is 27.4 Å². The van der Waals surface area contributed by atoms with Crippen LogP contribution in [-0.4, -0.2) is 57.8 Å². The molecule has 27 heavy (non-hydrogen) atoms. The van der Waals surface area contributed by atoms with Crippen LogP contribution in [0.4, 0.5) is 0 Å². The molecule has 2 rings (SSSR count). The number of nitrogens with zero attached hydrogens (tertiary/aromatic N) is 2. The largest absolute Gasteiger partial charge is 0.493 e. The monoisotopic (exact) mass is 376 g/mol. The van der Waals surface area contributed by atoms with Crippen molar-refractivity contribution in [3.63, 3.8) is 0 Å². The summed E-state index contributed by atoms with van der Waals surface area (Å²) in [6, 6.07) is 6.00. The Morgan fingerprint density at radius 2 is 2.00 bits per heavy atom. The third kappa shape index (κ3) is 7.29. The highest BCUT2D eigenvalue weighted by molar-refractivity contribution is 5.79. The van der Waals surface area contributed by atoms with E-state index >= 15 is 0 Å². The number of methoxy groups -OCH3 is 1. The van der Waals surface area contributed by atoms with Crippen molar-refractivity contribution in [2.75, 3.05) is 46.9 Å². The highest BCUT2D eigenvalue weighted by Gasteiger charge is 2.14. The van der Waals surface area contributed by atoms with Crippen LogP contribution in [0.5, 0.6) is 11.5 Å². The minimum Gasteiger partial charge on any atom is -0.493 e. The fourth-order valence-corrected chi connectivity index (χ4v) is 3.30. The van der Waals surface area contributed by atoms with Gasteiger partial charge in [-0.3, -0.25) is 4.99 Å². The predicted octanol–water partition coefficient (Wildman–Crippen LogP) is 2.88. The minimum atomic E-state index is 0.626. The first-order chi connectivity index (χ1) is 13.2. The summed E-state index contributed by atoms with van der Waals surface area (Å²) in [5, 5.41) is 6.77. The zero-order valence-corrected chi connectivity index (χ0v) is 17.4. The SMILES string of the molecule is CCOc1ccc(CNC(=NC)NCCCN2CCC(C)CC2)cc1OC. The fourth-order valence-electron chi connectivity index (χ4n) is 3.30. The van der Waals surface area contributed by atoms with Crippen molar-refractivity contribution in [2.24, 2.45) is 10.9 Å². The molecule has 1 aliphatic heterocycles. The second-order valence-corrected chi connectivity index (χ2v) is 7.15. The van der Waals surface area contributed by atoms with Gasteiger partial charge in [-0.25, -0.2) is 0 Å². The van der Waals surface area contributed by atoms with Crippen LogP contribution in [0.3, 0.4) is 0 Å². The Bertz CT molecular complexity index is 584. The van der Waals surface area contributed by atoms with Gasteiger partial charge in [0, 0.05) is 20.1 Å². The molecule has 1 aromatic carbocycles. The van der Waals surface area contributed by atoms with Crippen molar-refractivity contribution in [3.05, 3.63) is 23.8 Å². The van der Waals surface area contributed by atoms with Crippen molar-refractivity contribution in [1.82, 2.24) is 15.5 Å².